The van der Waals surface area contributed by atoms with Crippen molar-refractivity contribution < 1.29 is 23.8 Å². The molecule has 0 saturated carbocycles. The van der Waals surface area contributed by atoms with Crippen LogP contribution in [0.25, 0.3) is 5.57 Å². The average Bonchev–Trinajstić information content (AvgIpc) is 3.05. The lowest BCUT2D eigenvalue weighted by Crippen LogP contribution is -2.34. The Hall–Kier alpha value is -3.32. The third-order valence-corrected chi connectivity index (χ3v) is 5.78. The maximum Gasteiger partial charge on any atom is 0.278 e. The molecule has 0 spiro atoms. The van der Waals surface area contributed by atoms with Gasteiger partial charge in [-0.1, -0.05) is 37.1 Å². The van der Waals surface area contributed by atoms with Crippen LogP contribution in [0, 0.1) is 13.8 Å². The van der Waals surface area contributed by atoms with Crippen LogP contribution in [-0.2, 0) is 14.3 Å². The molecule has 0 fully saturated rings. The van der Waals surface area contributed by atoms with E-state index >= 15 is 0 Å². The van der Waals surface area contributed by atoms with Crippen LogP contribution >= 0.6 is 0 Å². The molecule has 0 bridgehead atoms. The number of benzene rings is 2. The summed E-state index contributed by atoms with van der Waals surface area (Å²) < 4.78 is 16.3. The van der Waals surface area contributed by atoms with Crippen molar-refractivity contribution in [3.63, 3.8) is 0 Å². The van der Waals surface area contributed by atoms with Crippen molar-refractivity contribution in [1.82, 2.24) is 4.90 Å². The highest BCUT2D eigenvalue weighted by Crippen LogP contribution is 2.35. The number of carbonyl (C=O) groups excluding carboxylic acids is 2. The number of carbonyl (C=O) groups is 2. The van der Waals surface area contributed by atoms with Crippen LogP contribution in [-0.4, -0.2) is 50.7 Å². The fourth-order valence-corrected chi connectivity index (χ4v) is 3.97. The zero-order valence-corrected chi connectivity index (χ0v) is 20.7. The summed E-state index contributed by atoms with van der Waals surface area (Å²) in [5.41, 5.74) is 4.04. The molecule has 0 unspecified atom stereocenters. The minimum Gasteiger partial charge on any atom is -0.493 e. The smallest absolute Gasteiger partial charge is 0.278 e. The quantitative estimate of drug-likeness (QED) is 0.360. The Balaban J connectivity index is 1.91. The predicted molar refractivity (Wildman–Crippen MR) is 133 cm³/mol. The fourth-order valence-electron chi connectivity index (χ4n) is 3.97. The molecule has 1 heterocycles. The summed E-state index contributed by atoms with van der Waals surface area (Å²) in [7, 11) is 3.12. The summed E-state index contributed by atoms with van der Waals surface area (Å²) in [5.74, 6) is 0.464. The highest BCUT2D eigenvalue weighted by atomic mass is 16.5. The molecule has 0 saturated heterocycles. The number of anilines is 1. The van der Waals surface area contributed by atoms with Crippen molar-refractivity contribution in [1.29, 1.82) is 0 Å². The van der Waals surface area contributed by atoms with Gasteiger partial charge in [0.25, 0.3) is 11.8 Å². The minimum atomic E-state index is -0.344. The van der Waals surface area contributed by atoms with Gasteiger partial charge < -0.3 is 19.5 Å². The molecule has 7 heteroatoms. The van der Waals surface area contributed by atoms with Gasteiger partial charge in [-0.25, -0.2) is 0 Å². The van der Waals surface area contributed by atoms with Gasteiger partial charge in [0, 0.05) is 31.5 Å². The Kier molecular flexibility index (Phi) is 8.71. The van der Waals surface area contributed by atoms with Crippen LogP contribution in [0.15, 0.2) is 42.1 Å². The third kappa shape index (κ3) is 5.59. The number of unbranched alkanes of at least 4 members (excludes halogenated alkanes) is 1. The van der Waals surface area contributed by atoms with Crippen molar-refractivity contribution in [3.8, 4) is 11.5 Å². The molecule has 2 aromatic carbocycles. The molecule has 2 amide bonds. The normalized spacial score (nSPS) is 13.6. The van der Waals surface area contributed by atoms with Gasteiger partial charge in [-0.2, -0.15) is 0 Å². The van der Waals surface area contributed by atoms with Gasteiger partial charge in [0.15, 0.2) is 11.5 Å². The Morgan fingerprint density at radius 2 is 1.62 bits per heavy atom. The van der Waals surface area contributed by atoms with E-state index in [2.05, 4.69) is 12.2 Å². The molecule has 0 atom stereocenters. The van der Waals surface area contributed by atoms with Gasteiger partial charge in [-0.05, 0) is 49.9 Å². The predicted octanol–water partition coefficient (Wildman–Crippen LogP) is 4.72. The number of hydrogen-bond acceptors (Lipinski definition) is 6. The number of aryl methyl sites for hydroxylation is 2. The molecule has 0 aromatic heterocycles. The summed E-state index contributed by atoms with van der Waals surface area (Å²) in [6.45, 7) is 7.56. The first kappa shape index (κ1) is 25.3. The molecule has 34 heavy (non-hydrogen) atoms. The zero-order valence-electron chi connectivity index (χ0n) is 20.7. The molecule has 1 N–H and O–H groups in total. The number of imide groups is 1. The molecule has 2 aromatic rings. The van der Waals surface area contributed by atoms with Crippen LogP contribution in [0.4, 0.5) is 5.69 Å². The van der Waals surface area contributed by atoms with Crippen molar-refractivity contribution in [2.45, 2.75) is 40.0 Å². The van der Waals surface area contributed by atoms with E-state index < -0.39 is 0 Å². The van der Waals surface area contributed by atoms with Gasteiger partial charge in [-0.15, -0.1) is 0 Å². The van der Waals surface area contributed by atoms with Crippen LogP contribution in [0.1, 0.15) is 42.9 Å². The molecule has 0 radical (unpaired) electrons. The maximum absolute atomic E-state index is 13.5. The van der Waals surface area contributed by atoms with Gasteiger partial charge >= 0.3 is 0 Å². The number of amides is 2. The summed E-state index contributed by atoms with van der Waals surface area (Å²) >= 11 is 0. The lowest BCUT2D eigenvalue weighted by molar-refractivity contribution is -0.137. The average molecular weight is 467 g/mol. The number of hydrogen-bond donors (Lipinski definition) is 1. The second-order valence-corrected chi connectivity index (χ2v) is 8.34. The summed E-state index contributed by atoms with van der Waals surface area (Å²) in [5, 5.41) is 3.19. The SMILES string of the molecule is CCCCOCCCN1C(=O)C(Nc2ccc(OC)c(OC)c2)=C(c2ccc(C)cc2C)C1=O. The summed E-state index contributed by atoms with van der Waals surface area (Å²) in [6, 6.07) is 11.1. The first-order valence-electron chi connectivity index (χ1n) is 11.7. The highest BCUT2D eigenvalue weighted by molar-refractivity contribution is 6.36. The second kappa shape index (κ2) is 11.7. The molecular formula is C27H34N2O5. The van der Waals surface area contributed by atoms with Crippen LogP contribution in [0.5, 0.6) is 11.5 Å². The van der Waals surface area contributed by atoms with Crippen molar-refractivity contribution in [2.75, 3.05) is 39.3 Å². The van der Waals surface area contributed by atoms with Crippen LogP contribution in [0.2, 0.25) is 0 Å². The standard InChI is InChI=1S/C27H34N2O5/c1-6-7-14-34-15-8-13-29-26(30)24(21-11-9-18(2)16-19(21)3)25(27(29)31)28-20-10-12-22(32-4)23(17-20)33-5/h9-12,16-17,28H,6-8,13-15H2,1-5H3. The number of rotatable bonds is 12. The fraction of sp³-hybridized carbons (Fsp3) is 0.407. The number of nitrogens with one attached hydrogen (secondary N) is 1. The molecule has 3 rings (SSSR count). The van der Waals surface area contributed by atoms with Gasteiger partial charge in [0.2, 0.25) is 0 Å². The van der Waals surface area contributed by atoms with Gasteiger partial charge in [0.1, 0.15) is 5.70 Å². The Morgan fingerprint density at radius 1 is 0.882 bits per heavy atom. The molecule has 1 aliphatic rings. The van der Waals surface area contributed by atoms with Crippen LogP contribution < -0.4 is 14.8 Å². The van der Waals surface area contributed by atoms with Crippen molar-refractivity contribution in [3.05, 3.63) is 58.8 Å². The first-order chi connectivity index (χ1) is 16.4. The number of ether oxygens (including phenoxy) is 3. The number of methoxy groups -OCH3 is 2. The second-order valence-electron chi connectivity index (χ2n) is 8.34. The van der Waals surface area contributed by atoms with E-state index in [1.165, 1.54) is 4.90 Å². The van der Waals surface area contributed by atoms with E-state index in [0.717, 1.165) is 29.5 Å². The lowest BCUT2D eigenvalue weighted by Gasteiger charge is -2.16. The maximum atomic E-state index is 13.5. The van der Waals surface area contributed by atoms with E-state index in [9.17, 15) is 9.59 Å². The van der Waals surface area contributed by atoms with Crippen molar-refractivity contribution >= 4 is 23.1 Å². The van der Waals surface area contributed by atoms with Gasteiger partial charge in [-0.3, -0.25) is 14.5 Å². The van der Waals surface area contributed by atoms with E-state index in [-0.39, 0.29) is 17.5 Å². The summed E-state index contributed by atoms with van der Waals surface area (Å²) in [6.07, 6.45) is 2.65. The number of nitrogens with zero attached hydrogens (tertiary/aromatic N) is 1. The Morgan fingerprint density at radius 3 is 2.29 bits per heavy atom. The molecule has 182 valence electrons. The Labute approximate surface area is 201 Å². The van der Waals surface area contributed by atoms with E-state index in [1.54, 1.807) is 32.4 Å². The largest absolute Gasteiger partial charge is 0.493 e. The Bertz CT molecular complexity index is 1080. The van der Waals surface area contributed by atoms with E-state index in [0.29, 0.717) is 48.9 Å². The summed E-state index contributed by atoms with van der Waals surface area (Å²) in [4.78, 5) is 28.2. The first-order valence-corrected chi connectivity index (χ1v) is 11.7. The molecular weight excluding hydrogens is 432 g/mol. The minimum absolute atomic E-state index is 0.260. The van der Waals surface area contributed by atoms with E-state index in [1.807, 2.05) is 32.0 Å². The zero-order chi connectivity index (χ0) is 24.7. The molecule has 1 aliphatic heterocycles. The lowest BCUT2D eigenvalue weighted by atomic mass is 9.97. The van der Waals surface area contributed by atoms with Crippen molar-refractivity contribution in [2.24, 2.45) is 0 Å². The van der Waals surface area contributed by atoms with Gasteiger partial charge in [0.05, 0.1) is 19.8 Å². The van der Waals surface area contributed by atoms with E-state index in [4.69, 9.17) is 14.2 Å². The topological polar surface area (TPSA) is 77.1 Å². The monoisotopic (exact) mass is 466 g/mol. The third-order valence-electron chi connectivity index (χ3n) is 5.78. The van der Waals surface area contributed by atoms with Crippen LogP contribution in [0.3, 0.4) is 0 Å². The molecule has 0 aliphatic carbocycles. The molecule has 7 nitrogen and oxygen atoms in total. The highest BCUT2D eigenvalue weighted by Gasteiger charge is 2.39.